The first-order chi connectivity index (χ1) is 6.86. The van der Waals surface area contributed by atoms with Crippen LogP contribution in [0.25, 0.3) is 0 Å². The van der Waals surface area contributed by atoms with Crippen molar-refractivity contribution in [2.24, 2.45) is 16.6 Å². The normalized spacial score (nSPS) is 45.1. The number of ether oxygens (including phenoxy) is 1. The van der Waals surface area contributed by atoms with Crippen LogP contribution in [0.2, 0.25) is 0 Å². The summed E-state index contributed by atoms with van der Waals surface area (Å²) in [5, 5.41) is 6.51. The van der Waals surface area contributed by atoms with Crippen LogP contribution in [0.4, 0.5) is 0 Å². The number of hydrogen-bond donors (Lipinski definition) is 3. The van der Waals surface area contributed by atoms with E-state index in [1.54, 1.807) is 0 Å². The lowest BCUT2D eigenvalue weighted by Crippen LogP contribution is -2.69. The molecule has 2 heterocycles. The van der Waals surface area contributed by atoms with E-state index in [0.29, 0.717) is 12.0 Å². The van der Waals surface area contributed by atoms with Gasteiger partial charge in [-0.05, 0) is 6.42 Å². The van der Waals surface area contributed by atoms with Crippen LogP contribution < -0.4 is 16.4 Å². The second kappa shape index (κ2) is 3.10. The van der Waals surface area contributed by atoms with Crippen molar-refractivity contribution in [2.45, 2.75) is 24.6 Å². The van der Waals surface area contributed by atoms with E-state index >= 15 is 0 Å². The number of hydrogen-bond acceptors (Lipinski definition) is 5. The van der Waals surface area contributed by atoms with E-state index in [4.69, 9.17) is 10.5 Å². The average Bonchev–Trinajstić information content (AvgIpc) is 2.83. The fourth-order valence-electron chi connectivity index (χ4n) is 2.58. The van der Waals surface area contributed by atoms with E-state index in [2.05, 4.69) is 15.6 Å². The highest BCUT2D eigenvalue weighted by Gasteiger charge is 2.52. The van der Waals surface area contributed by atoms with Crippen LogP contribution in [0.15, 0.2) is 4.99 Å². The largest absolute Gasteiger partial charge is 0.376 e. The molecule has 0 aromatic heterocycles. The van der Waals surface area contributed by atoms with Gasteiger partial charge in [0.25, 0.3) is 0 Å². The van der Waals surface area contributed by atoms with Gasteiger partial charge in [-0.1, -0.05) is 0 Å². The summed E-state index contributed by atoms with van der Waals surface area (Å²) in [4.78, 5) is 4.29. The molecular formula is C9H16N4O. The molecule has 4 N–H and O–H groups in total. The molecule has 0 amide bonds. The minimum atomic E-state index is 0.229. The molecule has 3 aliphatic rings. The van der Waals surface area contributed by atoms with Crippen LogP contribution in [0, 0.1) is 5.92 Å². The van der Waals surface area contributed by atoms with Gasteiger partial charge < -0.3 is 21.1 Å². The second-order valence-corrected chi connectivity index (χ2v) is 4.19. The highest BCUT2D eigenvalue weighted by molar-refractivity contribution is 5.81. The van der Waals surface area contributed by atoms with Crippen molar-refractivity contribution >= 4 is 5.96 Å². The molecule has 2 aliphatic heterocycles. The summed E-state index contributed by atoms with van der Waals surface area (Å²) in [5.41, 5.74) is 6.06. The summed E-state index contributed by atoms with van der Waals surface area (Å²) in [6, 6.07) is 0.486. The SMILES string of the molecule is NC1C2CCOC2C1NC1=NCCN1. The Labute approximate surface area is 83.1 Å². The van der Waals surface area contributed by atoms with Crippen LogP contribution >= 0.6 is 0 Å². The smallest absolute Gasteiger partial charge is 0.191 e. The fourth-order valence-corrected chi connectivity index (χ4v) is 2.58. The standard InChI is InChI=1S/C9H16N4O/c10-6-5-1-4-14-8(5)7(6)13-9-11-2-3-12-9/h5-8H,1-4,10H2,(H2,11,12,13). The molecule has 1 saturated carbocycles. The monoisotopic (exact) mass is 196 g/mol. The molecule has 0 bridgehead atoms. The average molecular weight is 196 g/mol. The Morgan fingerprint density at radius 2 is 2.50 bits per heavy atom. The summed E-state index contributed by atoms with van der Waals surface area (Å²) in [6.45, 7) is 2.65. The lowest BCUT2D eigenvalue weighted by atomic mass is 9.72. The summed E-state index contributed by atoms with van der Waals surface area (Å²) in [6.07, 6.45) is 1.43. The highest BCUT2D eigenvalue weighted by Crippen LogP contribution is 2.37. The van der Waals surface area contributed by atoms with Crippen LogP contribution in [0.5, 0.6) is 0 Å². The number of rotatable bonds is 1. The van der Waals surface area contributed by atoms with Crippen LogP contribution in [0.1, 0.15) is 6.42 Å². The first-order valence-electron chi connectivity index (χ1n) is 5.28. The number of aliphatic imine (C=N–C) groups is 1. The molecule has 0 radical (unpaired) electrons. The zero-order chi connectivity index (χ0) is 9.54. The quantitative estimate of drug-likeness (QED) is 0.485. The van der Waals surface area contributed by atoms with Gasteiger partial charge in [-0.15, -0.1) is 0 Å². The van der Waals surface area contributed by atoms with Gasteiger partial charge in [0.15, 0.2) is 5.96 Å². The van der Waals surface area contributed by atoms with Crippen molar-refractivity contribution in [3.05, 3.63) is 0 Å². The summed E-state index contributed by atoms with van der Waals surface area (Å²) in [7, 11) is 0. The van der Waals surface area contributed by atoms with E-state index in [1.165, 1.54) is 0 Å². The second-order valence-electron chi connectivity index (χ2n) is 4.19. The zero-order valence-electron chi connectivity index (χ0n) is 8.07. The van der Waals surface area contributed by atoms with Crippen molar-refractivity contribution < 1.29 is 4.74 Å². The minimum Gasteiger partial charge on any atom is -0.376 e. The summed E-state index contributed by atoms with van der Waals surface area (Å²) < 4.78 is 5.62. The van der Waals surface area contributed by atoms with Gasteiger partial charge >= 0.3 is 0 Å². The third-order valence-electron chi connectivity index (χ3n) is 3.42. The first-order valence-corrected chi connectivity index (χ1v) is 5.28. The molecule has 5 heteroatoms. The number of nitrogens with two attached hydrogens (primary N) is 1. The third-order valence-corrected chi connectivity index (χ3v) is 3.42. The number of fused-ring (bicyclic) bond motifs is 1. The van der Waals surface area contributed by atoms with E-state index in [1.807, 2.05) is 0 Å². The Balaban J connectivity index is 1.63. The molecule has 78 valence electrons. The van der Waals surface area contributed by atoms with Crippen molar-refractivity contribution in [3.63, 3.8) is 0 Å². The molecule has 1 saturated heterocycles. The van der Waals surface area contributed by atoms with Gasteiger partial charge in [0, 0.05) is 25.1 Å². The highest BCUT2D eigenvalue weighted by atomic mass is 16.5. The Hall–Kier alpha value is -0.810. The molecule has 3 rings (SSSR count). The topological polar surface area (TPSA) is 71.7 Å². The molecule has 0 aromatic carbocycles. The predicted molar refractivity (Wildman–Crippen MR) is 53.1 cm³/mol. The van der Waals surface area contributed by atoms with Crippen molar-refractivity contribution in [1.82, 2.24) is 10.6 Å². The van der Waals surface area contributed by atoms with Gasteiger partial charge in [0.05, 0.1) is 18.7 Å². The first kappa shape index (κ1) is 8.49. The zero-order valence-corrected chi connectivity index (χ0v) is 8.07. The van der Waals surface area contributed by atoms with Crippen molar-refractivity contribution in [2.75, 3.05) is 19.7 Å². The minimum absolute atomic E-state index is 0.229. The molecule has 0 aromatic rings. The van der Waals surface area contributed by atoms with Crippen LogP contribution in [-0.2, 0) is 4.74 Å². The Kier molecular flexibility index (Phi) is 1.88. The lowest BCUT2D eigenvalue weighted by molar-refractivity contribution is -0.0109. The maximum atomic E-state index is 6.06. The van der Waals surface area contributed by atoms with Gasteiger partial charge in [-0.25, -0.2) is 0 Å². The molecule has 2 fully saturated rings. The molecular weight excluding hydrogens is 180 g/mol. The van der Waals surface area contributed by atoms with E-state index in [-0.39, 0.29) is 12.1 Å². The maximum Gasteiger partial charge on any atom is 0.191 e. The summed E-state index contributed by atoms with van der Waals surface area (Å²) in [5.74, 6) is 1.45. The molecule has 0 spiro atoms. The van der Waals surface area contributed by atoms with Crippen molar-refractivity contribution in [1.29, 1.82) is 0 Å². The van der Waals surface area contributed by atoms with E-state index < -0.39 is 0 Å². The number of nitrogens with one attached hydrogen (secondary N) is 2. The molecule has 14 heavy (non-hydrogen) atoms. The van der Waals surface area contributed by atoms with Crippen LogP contribution in [-0.4, -0.2) is 43.8 Å². The lowest BCUT2D eigenvalue weighted by Gasteiger charge is -2.45. The molecule has 5 nitrogen and oxygen atoms in total. The molecule has 4 unspecified atom stereocenters. The van der Waals surface area contributed by atoms with Gasteiger partial charge in [-0.3, -0.25) is 4.99 Å². The molecule has 1 aliphatic carbocycles. The van der Waals surface area contributed by atoms with Gasteiger partial charge in [0.1, 0.15) is 0 Å². The fraction of sp³-hybridized carbons (Fsp3) is 0.889. The van der Waals surface area contributed by atoms with E-state index in [9.17, 15) is 0 Å². The Morgan fingerprint density at radius 1 is 1.57 bits per heavy atom. The third kappa shape index (κ3) is 1.12. The molecule has 4 atom stereocenters. The predicted octanol–water partition coefficient (Wildman–Crippen LogP) is -1.35. The maximum absolute atomic E-state index is 6.06. The number of nitrogens with zero attached hydrogens (tertiary/aromatic N) is 1. The Bertz CT molecular complexity index is 268. The summed E-state index contributed by atoms with van der Waals surface area (Å²) >= 11 is 0. The van der Waals surface area contributed by atoms with E-state index in [0.717, 1.165) is 32.1 Å². The van der Waals surface area contributed by atoms with Crippen LogP contribution in [0.3, 0.4) is 0 Å². The number of guanidine groups is 1. The van der Waals surface area contributed by atoms with Gasteiger partial charge in [0.2, 0.25) is 0 Å². The van der Waals surface area contributed by atoms with Gasteiger partial charge in [-0.2, -0.15) is 0 Å². The van der Waals surface area contributed by atoms with Crippen molar-refractivity contribution in [3.8, 4) is 0 Å². The Morgan fingerprint density at radius 3 is 3.29 bits per heavy atom.